The molecule has 1 fully saturated rings. The lowest BCUT2D eigenvalue weighted by molar-refractivity contribution is 0.0953. The van der Waals surface area contributed by atoms with Crippen LogP contribution in [0.1, 0.15) is 27.9 Å². The number of nitrogens with zero attached hydrogens (tertiary/aromatic N) is 4. The normalized spacial score (nSPS) is 14.2. The number of carbonyl (C=O) groups is 1. The number of nitrogens with one attached hydrogen (secondary N) is 1. The number of aryl methyl sites for hydroxylation is 2. The summed E-state index contributed by atoms with van der Waals surface area (Å²) >= 11 is 0. The molecule has 1 amide bonds. The second-order valence-corrected chi connectivity index (χ2v) is 9.52. The lowest BCUT2D eigenvalue weighted by atomic mass is 10.1. The Hall–Kier alpha value is -3.77. The summed E-state index contributed by atoms with van der Waals surface area (Å²) in [5.41, 5.74) is 6.92. The van der Waals surface area contributed by atoms with E-state index in [0.717, 1.165) is 55.7 Å². The molecule has 1 aliphatic heterocycles. The average Bonchev–Trinajstić information content (AvgIpc) is 2.92. The zero-order valence-corrected chi connectivity index (χ0v) is 21.1. The molecule has 0 spiro atoms. The van der Waals surface area contributed by atoms with Gasteiger partial charge in [-0.25, -0.2) is 4.98 Å². The lowest BCUT2D eigenvalue weighted by Gasteiger charge is -2.37. The molecule has 0 bridgehead atoms. The molecule has 0 aliphatic carbocycles. The van der Waals surface area contributed by atoms with E-state index in [0.29, 0.717) is 17.8 Å². The third kappa shape index (κ3) is 5.39. The SMILES string of the molecule is Cc1ccc(C)c(N2CCN(CCCNC(=O)c3cc(-c4ccccn4)nc4ccccc34)CC2)c1. The van der Waals surface area contributed by atoms with Crippen LogP contribution in [0.15, 0.2) is 72.9 Å². The molecule has 0 radical (unpaired) electrons. The van der Waals surface area contributed by atoms with Crippen LogP contribution in [0, 0.1) is 13.8 Å². The summed E-state index contributed by atoms with van der Waals surface area (Å²) in [4.78, 5) is 27.3. The highest BCUT2D eigenvalue weighted by atomic mass is 16.1. The Bertz CT molecular complexity index is 1350. The number of pyridine rings is 2. The van der Waals surface area contributed by atoms with Crippen LogP contribution >= 0.6 is 0 Å². The first-order valence-electron chi connectivity index (χ1n) is 12.7. The molecule has 5 rings (SSSR count). The zero-order valence-electron chi connectivity index (χ0n) is 21.1. The fourth-order valence-electron chi connectivity index (χ4n) is 4.88. The number of hydrogen-bond acceptors (Lipinski definition) is 5. The second-order valence-electron chi connectivity index (χ2n) is 9.52. The minimum atomic E-state index is -0.0643. The van der Waals surface area contributed by atoms with Crippen molar-refractivity contribution in [3.63, 3.8) is 0 Å². The number of amides is 1. The Labute approximate surface area is 213 Å². The van der Waals surface area contributed by atoms with Crippen LogP contribution in [0.4, 0.5) is 5.69 Å². The molecule has 184 valence electrons. The fourth-order valence-corrected chi connectivity index (χ4v) is 4.88. The summed E-state index contributed by atoms with van der Waals surface area (Å²) in [6.07, 6.45) is 2.67. The van der Waals surface area contributed by atoms with Crippen molar-refractivity contribution in [3.8, 4) is 11.4 Å². The minimum absolute atomic E-state index is 0.0643. The summed E-state index contributed by atoms with van der Waals surface area (Å²) in [5, 5.41) is 3.99. The number of hydrogen-bond donors (Lipinski definition) is 1. The van der Waals surface area contributed by atoms with E-state index >= 15 is 0 Å². The third-order valence-corrected chi connectivity index (χ3v) is 6.90. The quantitative estimate of drug-likeness (QED) is 0.384. The van der Waals surface area contributed by atoms with Crippen LogP contribution in [0.25, 0.3) is 22.3 Å². The number of aromatic nitrogens is 2. The van der Waals surface area contributed by atoms with E-state index in [1.54, 1.807) is 6.20 Å². The third-order valence-electron chi connectivity index (χ3n) is 6.90. The van der Waals surface area contributed by atoms with Crippen molar-refractivity contribution in [1.29, 1.82) is 0 Å². The molecular formula is C30H33N5O. The minimum Gasteiger partial charge on any atom is -0.369 e. The predicted molar refractivity (Wildman–Crippen MR) is 146 cm³/mol. The molecule has 2 aromatic heterocycles. The predicted octanol–water partition coefficient (Wildman–Crippen LogP) is 4.86. The molecule has 2 aromatic carbocycles. The van der Waals surface area contributed by atoms with Crippen LogP contribution < -0.4 is 10.2 Å². The van der Waals surface area contributed by atoms with Gasteiger partial charge in [0.1, 0.15) is 0 Å². The Morgan fingerprint density at radius 2 is 1.72 bits per heavy atom. The van der Waals surface area contributed by atoms with Gasteiger partial charge in [0.2, 0.25) is 0 Å². The van der Waals surface area contributed by atoms with E-state index in [1.807, 2.05) is 48.5 Å². The van der Waals surface area contributed by atoms with Crippen LogP contribution in [0.2, 0.25) is 0 Å². The molecule has 0 atom stereocenters. The molecule has 0 unspecified atom stereocenters. The van der Waals surface area contributed by atoms with Gasteiger partial charge in [-0.05, 0) is 68.3 Å². The highest BCUT2D eigenvalue weighted by Crippen LogP contribution is 2.24. The molecule has 1 saturated heterocycles. The summed E-state index contributed by atoms with van der Waals surface area (Å²) < 4.78 is 0. The molecule has 0 saturated carbocycles. The maximum Gasteiger partial charge on any atom is 0.252 e. The number of piperazine rings is 1. The van der Waals surface area contributed by atoms with Crippen molar-refractivity contribution in [2.75, 3.05) is 44.2 Å². The topological polar surface area (TPSA) is 61.4 Å². The molecule has 36 heavy (non-hydrogen) atoms. The van der Waals surface area contributed by atoms with Crippen LogP contribution in [0.3, 0.4) is 0 Å². The van der Waals surface area contributed by atoms with Gasteiger partial charge in [0.25, 0.3) is 5.91 Å². The van der Waals surface area contributed by atoms with Crippen molar-refractivity contribution in [2.45, 2.75) is 20.3 Å². The van der Waals surface area contributed by atoms with Crippen molar-refractivity contribution in [3.05, 3.63) is 89.6 Å². The number of fused-ring (bicyclic) bond motifs is 1. The fraction of sp³-hybridized carbons (Fsp3) is 0.300. The smallest absolute Gasteiger partial charge is 0.252 e. The zero-order chi connectivity index (χ0) is 24.9. The van der Waals surface area contributed by atoms with E-state index in [1.165, 1.54) is 16.8 Å². The van der Waals surface area contributed by atoms with Crippen LogP contribution in [-0.2, 0) is 0 Å². The molecular weight excluding hydrogens is 446 g/mol. The monoisotopic (exact) mass is 479 g/mol. The Kier molecular flexibility index (Phi) is 7.23. The number of para-hydroxylation sites is 1. The van der Waals surface area contributed by atoms with E-state index in [-0.39, 0.29) is 5.91 Å². The molecule has 4 aromatic rings. The van der Waals surface area contributed by atoms with Crippen molar-refractivity contribution in [1.82, 2.24) is 20.2 Å². The standard InChI is InChI=1S/C30H33N5O/c1-22-11-12-23(2)29(20-22)35-18-16-34(17-19-35)15-7-14-32-30(36)25-21-28(27-10-5-6-13-31-27)33-26-9-4-3-8-24(25)26/h3-6,8-13,20-21H,7,14-19H2,1-2H3,(H,32,36). The maximum atomic E-state index is 13.2. The Balaban J connectivity index is 1.16. The van der Waals surface area contributed by atoms with Gasteiger partial charge in [0.05, 0.1) is 22.5 Å². The molecule has 3 heterocycles. The van der Waals surface area contributed by atoms with Gasteiger partial charge >= 0.3 is 0 Å². The highest BCUT2D eigenvalue weighted by molar-refractivity contribution is 6.07. The summed E-state index contributed by atoms with van der Waals surface area (Å²) in [7, 11) is 0. The molecule has 1 N–H and O–H groups in total. The van der Waals surface area contributed by atoms with Crippen molar-refractivity contribution < 1.29 is 4.79 Å². The Morgan fingerprint density at radius 3 is 2.53 bits per heavy atom. The summed E-state index contributed by atoms with van der Waals surface area (Å²) in [6, 6.07) is 22.0. The summed E-state index contributed by atoms with van der Waals surface area (Å²) in [5.74, 6) is -0.0643. The number of rotatable bonds is 7. The summed E-state index contributed by atoms with van der Waals surface area (Å²) in [6.45, 7) is 10.1. The van der Waals surface area contributed by atoms with E-state index in [4.69, 9.17) is 4.98 Å². The van der Waals surface area contributed by atoms with Gasteiger partial charge in [-0.2, -0.15) is 0 Å². The van der Waals surface area contributed by atoms with Gasteiger partial charge in [0, 0.05) is 50.0 Å². The first-order valence-corrected chi connectivity index (χ1v) is 12.7. The second kappa shape index (κ2) is 10.9. The van der Waals surface area contributed by atoms with Crippen molar-refractivity contribution >= 4 is 22.5 Å². The molecule has 6 heteroatoms. The van der Waals surface area contributed by atoms with E-state index < -0.39 is 0 Å². The molecule has 1 aliphatic rings. The number of benzene rings is 2. The van der Waals surface area contributed by atoms with Gasteiger partial charge in [-0.1, -0.05) is 36.4 Å². The average molecular weight is 480 g/mol. The number of carbonyl (C=O) groups excluding carboxylic acids is 1. The van der Waals surface area contributed by atoms with Crippen LogP contribution in [0.5, 0.6) is 0 Å². The van der Waals surface area contributed by atoms with Gasteiger partial charge < -0.3 is 10.2 Å². The molecule has 6 nitrogen and oxygen atoms in total. The largest absolute Gasteiger partial charge is 0.369 e. The highest BCUT2D eigenvalue weighted by Gasteiger charge is 2.19. The number of anilines is 1. The van der Waals surface area contributed by atoms with Crippen LogP contribution in [-0.4, -0.2) is 60.0 Å². The van der Waals surface area contributed by atoms with Gasteiger partial charge in [0.15, 0.2) is 0 Å². The van der Waals surface area contributed by atoms with Gasteiger partial charge in [-0.3, -0.25) is 14.7 Å². The maximum absolute atomic E-state index is 13.2. The van der Waals surface area contributed by atoms with Gasteiger partial charge in [-0.15, -0.1) is 0 Å². The Morgan fingerprint density at radius 1 is 0.917 bits per heavy atom. The lowest BCUT2D eigenvalue weighted by Crippen LogP contribution is -2.47. The first-order chi connectivity index (χ1) is 17.6. The van der Waals surface area contributed by atoms with E-state index in [2.05, 4.69) is 52.1 Å². The van der Waals surface area contributed by atoms with E-state index in [9.17, 15) is 4.79 Å². The first kappa shape index (κ1) is 23.9. The van der Waals surface area contributed by atoms with Crippen molar-refractivity contribution in [2.24, 2.45) is 0 Å².